The van der Waals surface area contributed by atoms with Gasteiger partial charge in [-0.05, 0) is 22.8 Å². The van der Waals surface area contributed by atoms with Crippen LogP contribution < -0.4 is 0 Å². The second-order valence-electron chi connectivity index (χ2n) is 5.55. The van der Waals surface area contributed by atoms with Crippen molar-refractivity contribution in [2.75, 3.05) is 0 Å². The highest BCUT2D eigenvalue weighted by molar-refractivity contribution is 5.89. The summed E-state index contributed by atoms with van der Waals surface area (Å²) in [6.45, 7) is 1.47. The Balaban J connectivity index is 1.55. The van der Waals surface area contributed by atoms with Crippen molar-refractivity contribution >= 4 is 16.8 Å². The number of carbonyl (C=O) groups is 1. The van der Waals surface area contributed by atoms with Crippen molar-refractivity contribution < 1.29 is 4.79 Å². The van der Waals surface area contributed by atoms with Gasteiger partial charge < -0.3 is 9.88 Å². The van der Waals surface area contributed by atoms with Gasteiger partial charge in [0.25, 0.3) is 0 Å². The Kier molecular flexibility index (Phi) is 2.78. The number of H-pyrrole nitrogens is 1. The second kappa shape index (κ2) is 4.77. The van der Waals surface area contributed by atoms with E-state index in [4.69, 9.17) is 0 Å². The first kappa shape index (κ1) is 12.2. The summed E-state index contributed by atoms with van der Waals surface area (Å²) in [5, 5.41) is 1.14. The summed E-state index contributed by atoms with van der Waals surface area (Å²) in [4.78, 5) is 17.7. The zero-order chi connectivity index (χ0) is 14.2. The molecule has 0 fully saturated rings. The number of aromatic nitrogens is 1. The molecule has 21 heavy (non-hydrogen) atoms. The number of benzene rings is 2. The Morgan fingerprint density at radius 3 is 2.43 bits per heavy atom. The molecule has 2 aromatic carbocycles. The summed E-state index contributed by atoms with van der Waals surface area (Å²) >= 11 is 0. The van der Waals surface area contributed by atoms with Crippen molar-refractivity contribution in [1.29, 1.82) is 0 Å². The fraction of sp³-hybridized carbons (Fsp3) is 0.167. The molecule has 1 aromatic heterocycles. The molecule has 1 aliphatic rings. The first-order valence-electron chi connectivity index (χ1n) is 7.21. The van der Waals surface area contributed by atoms with Gasteiger partial charge in [-0.2, -0.15) is 0 Å². The molecule has 0 atom stereocenters. The normalized spacial score (nSPS) is 13.6. The molecule has 104 valence electrons. The number of hydrogen-bond acceptors (Lipinski definition) is 1. The first-order chi connectivity index (χ1) is 10.3. The van der Waals surface area contributed by atoms with E-state index in [2.05, 4.69) is 23.2 Å². The topological polar surface area (TPSA) is 36.1 Å². The molecule has 3 aromatic rings. The van der Waals surface area contributed by atoms with Gasteiger partial charge in [0.15, 0.2) is 0 Å². The standard InChI is InChI=1S/C18H16N2O/c21-18(20-11-13-5-1-2-6-14(13)12-20)9-15-10-19-17-8-4-3-7-16(15)17/h1-8,10,19H,9,11-12H2. The minimum absolute atomic E-state index is 0.191. The molecule has 0 bridgehead atoms. The van der Waals surface area contributed by atoms with Crippen LogP contribution in [0.1, 0.15) is 16.7 Å². The van der Waals surface area contributed by atoms with Crippen molar-refractivity contribution in [1.82, 2.24) is 9.88 Å². The number of carbonyl (C=O) groups excluding carboxylic acids is 1. The number of amides is 1. The fourth-order valence-electron chi connectivity index (χ4n) is 3.06. The van der Waals surface area contributed by atoms with Crippen LogP contribution in [-0.4, -0.2) is 15.8 Å². The van der Waals surface area contributed by atoms with Gasteiger partial charge in [0.1, 0.15) is 0 Å². The van der Waals surface area contributed by atoms with Crippen LogP contribution in [0.25, 0.3) is 10.9 Å². The van der Waals surface area contributed by atoms with E-state index in [1.54, 1.807) is 0 Å². The molecule has 0 aliphatic carbocycles. The third-order valence-electron chi connectivity index (χ3n) is 4.21. The fourth-order valence-corrected chi connectivity index (χ4v) is 3.06. The van der Waals surface area contributed by atoms with E-state index >= 15 is 0 Å². The molecule has 3 nitrogen and oxygen atoms in total. The smallest absolute Gasteiger partial charge is 0.227 e. The third-order valence-corrected chi connectivity index (χ3v) is 4.21. The van der Waals surface area contributed by atoms with E-state index in [-0.39, 0.29) is 5.91 Å². The van der Waals surface area contributed by atoms with Crippen molar-refractivity contribution in [2.24, 2.45) is 0 Å². The van der Waals surface area contributed by atoms with Gasteiger partial charge in [0, 0.05) is 30.2 Å². The first-order valence-corrected chi connectivity index (χ1v) is 7.21. The second-order valence-corrected chi connectivity index (χ2v) is 5.55. The highest BCUT2D eigenvalue weighted by Crippen LogP contribution is 2.24. The monoisotopic (exact) mass is 276 g/mol. The van der Waals surface area contributed by atoms with Gasteiger partial charge in [-0.3, -0.25) is 4.79 Å². The molecule has 3 heteroatoms. The molecule has 4 rings (SSSR count). The summed E-state index contributed by atoms with van der Waals surface area (Å²) < 4.78 is 0. The molecule has 2 heterocycles. The number of aromatic amines is 1. The van der Waals surface area contributed by atoms with Gasteiger partial charge in [-0.1, -0.05) is 42.5 Å². The van der Waals surface area contributed by atoms with Gasteiger partial charge in [-0.25, -0.2) is 0 Å². The van der Waals surface area contributed by atoms with Gasteiger partial charge in [0.2, 0.25) is 5.91 Å². The molecule has 0 spiro atoms. The molecular formula is C18H16N2O. The molecular weight excluding hydrogens is 260 g/mol. The molecule has 0 saturated heterocycles. The Bertz CT molecular complexity index is 794. The zero-order valence-corrected chi connectivity index (χ0v) is 11.7. The van der Waals surface area contributed by atoms with E-state index in [0.717, 1.165) is 29.6 Å². The van der Waals surface area contributed by atoms with Crippen molar-refractivity contribution in [3.63, 3.8) is 0 Å². The Morgan fingerprint density at radius 1 is 1.00 bits per heavy atom. The van der Waals surface area contributed by atoms with Crippen LogP contribution in [0.15, 0.2) is 54.7 Å². The van der Waals surface area contributed by atoms with Crippen molar-refractivity contribution in [3.8, 4) is 0 Å². The minimum atomic E-state index is 0.191. The lowest BCUT2D eigenvalue weighted by Crippen LogP contribution is -2.26. The maximum absolute atomic E-state index is 12.5. The largest absolute Gasteiger partial charge is 0.361 e. The molecule has 0 unspecified atom stereocenters. The van der Waals surface area contributed by atoms with E-state index in [1.165, 1.54) is 11.1 Å². The lowest BCUT2D eigenvalue weighted by Gasteiger charge is -2.15. The van der Waals surface area contributed by atoms with E-state index in [9.17, 15) is 4.79 Å². The highest BCUT2D eigenvalue weighted by Gasteiger charge is 2.23. The number of hydrogen-bond donors (Lipinski definition) is 1. The Morgan fingerprint density at radius 2 is 1.67 bits per heavy atom. The minimum Gasteiger partial charge on any atom is -0.361 e. The van der Waals surface area contributed by atoms with Gasteiger partial charge in [-0.15, -0.1) is 0 Å². The van der Waals surface area contributed by atoms with Crippen LogP contribution in [0.3, 0.4) is 0 Å². The molecule has 1 amide bonds. The lowest BCUT2D eigenvalue weighted by molar-refractivity contribution is -0.131. The molecule has 0 saturated carbocycles. The van der Waals surface area contributed by atoms with Gasteiger partial charge in [0.05, 0.1) is 6.42 Å². The van der Waals surface area contributed by atoms with Crippen LogP contribution in [0, 0.1) is 0 Å². The molecule has 1 aliphatic heterocycles. The third kappa shape index (κ3) is 2.11. The quantitative estimate of drug-likeness (QED) is 0.766. The summed E-state index contributed by atoms with van der Waals surface area (Å²) in [5.41, 5.74) is 4.70. The van der Waals surface area contributed by atoms with Gasteiger partial charge >= 0.3 is 0 Å². The maximum atomic E-state index is 12.5. The predicted octanol–water partition coefficient (Wildman–Crippen LogP) is 3.25. The maximum Gasteiger partial charge on any atom is 0.227 e. The highest BCUT2D eigenvalue weighted by atomic mass is 16.2. The zero-order valence-electron chi connectivity index (χ0n) is 11.7. The average Bonchev–Trinajstić information content (AvgIpc) is 3.11. The average molecular weight is 276 g/mol. The van der Waals surface area contributed by atoms with Crippen molar-refractivity contribution in [3.05, 3.63) is 71.4 Å². The lowest BCUT2D eigenvalue weighted by atomic mass is 10.1. The van der Waals surface area contributed by atoms with Crippen LogP contribution >= 0.6 is 0 Å². The summed E-state index contributed by atoms with van der Waals surface area (Å²) in [6.07, 6.45) is 2.41. The summed E-state index contributed by atoms with van der Waals surface area (Å²) in [6, 6.07) is 16.4. The number of nitrogens with zero attached hydrogens (tertiary/aromatic N) is 1. The Labute approximate surface area is 123 Å². The summed E-state index contributed by atoms with van der Waals surface area (Å²) in [7, 11) is 0. The van der Waals surface area contributed by atoms with Crippen LogP contribution in [0.2, 0.25) is 0 Å². The van der Waals surface area contributed by atoms with Crippen molar-refractivity contribution in [2.45, 2.75) is 19.5 Å². The SMILES string of the molecule is O=C(Cc1c[nH]c2ccccc12)N1Cc2ccccc2C1. The number of fused-ring (bicyclic) bond motifs is 2. The number of nitrogens with one attached hydrogen (secondary N) is 1. The van der Waals surface area contributed by atoms with Crippen LogP contribution in [0.5, 0.6) is 0 Å². The molecule has 1 N–H and O–H groups in total. The number of rotatable bonds is 2. The molecule has 0 radical (unpaired) electrons. The number of para-hydroxylation sites is 1. The predicted molar refractivity (Wildman–Crippen MR) is 82.7 cm³/mol. The Hall–Kier alpha value is -2.55. The van der Waals surface area contributed by atoms with E-state index < -0.39 is 0 Å². The van der Waals surface area contributed by atoms with Crippen LogP contribution in [-0.2, 0) is 24.3 Å². The summed E-state index contributed by atoms with van der Waals surface area (Å²) in [5.74, 6) is 0.191. The van der Waals surface area contributed by atoms with Crippen LogP contribution in [0.4, 0.5) is 0 Å². The van der Waals surface area contributed by atoms with E-state index in [0.29, 0.717) is 6.42 Å². The van der Waals surface area contributed by atoms with E-state index in [1.807, 2.05) is 41.4 Å².